The van der Waals surface area contributed by atoms with E-state index in [4.69, 9.17) is 4.74 Å². The molecule has 0 saturated carbocycles. The van der Waals surface area contributed by atoms with Crippen molar-refractivity contribution in [3.8, 4) is 5.75 Å². The molecular formula is C22H31FIN5O. The number of piperidine rings is 1. The van der Waals surface area contributed by atoms with Gasteiger partial charge in [-0.15, -0.1) is 24.0 Å². The Morgan fingerprint density at radius 2 is 2.07 bits per heavy atom. The first-order chi connectivity index (χ1) is 14.1. The fraction of sp³-hybridized carbons (Fsp3) is 0.455. The predicted octanol–water partition coefficient (Wildman–Crippen LogP) is 3.44. The lowest BCUT2D eigenvalue weighted by Crippen LogP contribution is -2.49. The molecule has 2 aromatic rings. The van der Waals surface area contributed by atoms with Crippen molar-refractivity contribution in [2.24, 2.45) is 4.99 Å². The summed E-state index contributed by atoms with van der Waals surface area (Å²) in [6, 6.07) is 12.6. The SMILES string of the molecule is CN=C(NCC(C)Oc1cccc(F)c1)NC1CCN(Cc2ccccn2)CC1.I. The Kier molecular flexibility index (Phi) is 10.3. The van der Waals surface area contributed by atoms with Crippen molar-refractivity contribution >= 4 is 29.9 Å². The van der Waals surface area contributed by atoms with Crippen LogP contribution in [0.4, 0.5) is 4.39 Å². The minimum absolute atomic E-state index is 0. The average Bonchev–Trinajstić information content (AvgIpc) is 2.73. The molecular weight excluding hydrogens is 496 g/mol. The van der Waals surface area contributed by atoms with Crippen molar-refractivity contribution in [2.75, 3.05) is 26.7 Å². The fourth-order valence-corrected chi connectivity index (χ4v) is 3.40. The zero-order valence-corrected chi connectivity index (χ0v) is 19.9. The van der Waals surface area contributed by atoms with Gasteiger partial charge in [0.2, 0.25) is 0 Å². The molecule has 0 radical (unpaired) electrons. The minimum atomic E-state index is -0.297. The van der Waals surface area contributed by atoms with Gasteiger partial charge in [0.1, 0.15) is 17.7 Å². The van der Waals surface area contributed by atoms with Crippen LogP contribution in [0.3, 0.4) is 0 Å². The molecule has 1 unspecified atom stereocenters. The van der Waals surface area contributed by atoms with E-state index in [9.17, 15) is 4.39 Å². The smallest absolute Gasteiger partial charge is 0.191 e. The van der Waals surface area contributed by atoms with Crippen LogP contribution in [0.25, 0.3) is 0 Å². The number of nitrogens with zero attached hydrogens (tertiary/aromatic N) is 3. The second-order valence-corrected chi connectivity index (χ2v) is 7.35. The van der Waals surface area contributed by atoms with E-state index in [0.717, 1.165) is 44.1 Å². The second kappa shape index (κ2) is 12.7. The molecule has 0 amide bonds. The van der Waals surface area contributed by atoms with E-state index in [1.807, 2.05) is 25.3 Å². The number of likely N-dealkylation sites (tertiary alicyclic amines) is 1. The summed E-state index contributed by atoms with van der Waals surface area (Å²) in [5.41, 5.74) is 1.11. The lowest BCUT2D eigenvalue weighted by molar-refractivity contribution is 0.195. The van der Waals surface area contributed by atoms with E-state index < -0.39 is 0 Å². The highest BCUT2D eigenvalue weighted by Crippen LogP contribution is 2.14. The summed E-state index contributed by atoms with van der Waals surface area (Å²) in [4.78, 5) is 11.2. The zero-order valence-electron chi connectivity index (χ0n) is 17.6. The highest BCUT2D eigenvalue weighted by atomic mass is 127. The third kappa shape index (κ3) is 8.06. The number of aromatic nitrogens is 1. The van der Waals surface area contributed by atoms with Crippen molar-refractivity contribution in [1.29, 1.82) is 0 Å². The second-order valence-electron chi connectivity index (χ2n) is 7.35. The first-order valence-corrected chi connectivity index (χ1v) is 10.1. The molecule has 164 valence electrons. The van der Waals surface area contributed by atoms with E-state index in [2.05, 4.69) is 31.6 Å². The number of halogens is 2. The monoisotopic (exact) mass is 527 g/mol. The highest BCUT2D eigenvalue weighted by Gasteiger charge is 2.20. The first kappa shape index (κ1) is 24.3. The van der Waals surface area contributed by atoms with E-state index >= 15 is 0 Å². The molecule has 3 rings (SSSR count). The van der Waals surface area contributed by atoms with Gasteiger partial charge in [0.15, 0.2) is 5.96 Å². The Labute approximate surface area is 195 Å². The lowest BCUT2D eigenvalue weighted by atomic mass is 10.0. The normalized spacial score (nSPS) is 16.4. The maximum atomic E-state index is 13.3. The topological polar surface area (TPSA) is 61.8 Å². The number of rotatable bonds is 7. The van der Waals surface area contributed by atoms with Crippen molar-refractivity contribution in [3.63, 3.8) is 0 Å². The molecule has 0 aliphatic carbocycles. The predicted molar refractivity (Wildman–Crippen MR) is 129 cm³/mol. The molecule has 0 bridgehead atoms. The molecule has 2 heterocycles. The van der Waals surface area contributed by atoms with Gasteiger partial charge in [0.05, 0.1) is 12.2 Å². The molecule has 8 heteroatoms. The Morgan fingerprint density at radius 3 is 2.73 bits per heavy atom. The lowest BCUT2D eigenvalue weighted by Gasteiger charge is -2.33. The molecule has 1 atom stereocenters. The Hall–Kier alpha value is -1.94. The third-order valence-corrected chi connectivity index (χ3v) is 4.95. The molecule has 1 saturated heterocycles. The Bertz CT molecular complexity index is 784. The minimum Gasteiger partial charge on any atom is -0.489 e. The maximum Gasteiger partial charge on any atom is 0.191 e. The van der Waals surface area contributed by atoms with Gasteiger partial charge < -0.3 is 15.4 Å². The number of aliphatic imine (C=N–C) groups is 1. The average molecular weight is 527 g/mol. The Balaban J connectivity index is 0.00000320. The number of hydrogen-bond acceptors (Lipinski definition) is 4. The zero-order chi connectivity index (χ0) is 20.5. The molecule has 30 heavy (non-hydrogen) atoms. The quantitative estimate of drug-likeness (QED) is 0.328. The van der Waals surface area contributed by atoms with Gasteiger partial charge in [0, 0.05) is 45.0 Å². The maximum absolute atomic E-state index is 13.3. The van der Waals surface area contributed by atoms with Gasteiger partial charge in [-0.1, -0.05) is 12.1 Å². The summed E-state index contributed by atoms with van der Waals surface area (Å²) in [6.07, 6.45) is 3.85. The number of pyridine rings is 1. The Morgan fingerprint density at radius 1 is 1.27 bits per heavy atom. The van der Waals surface area contributed by atoms with Gasteiger partial charge in [-0.25, -0.2) is 4.39 Å². The largest absolute Gasteiger partial charge is 0.489 e. The molecule has 1 aliphatic heterocycles. The molecule has 0 spiro atoms. The summed E-state index contributed by atoms with van der Waals surface area (Å²) in [7, 11) is 1.77. The van der Waals surface area contributed by atoms with Gasteiger partial charge in [-0.05, 0) is 44.0 Å². The van der Waals surface area contributed by atoms with E-state index in [1.165, 1.54) is 12.1 Å². The molecule has 1 fully saturated rings. The van der Waals surface area contributed by atoms with Crippen LogP contribution in [0, 0.1) is 5.82 Å². The standard InChI is InChI=1S/C22H30FN5O.HI/c1-17(29-21-8-5-6-18(23)14-21)15-26-22(24-2)27-19-9-12-28(13-10-19)16-20-7-3-4-11-25-20;/h3-8,11,14,17,19H,9-10,12-13,15-16H2,1-2H3,(H2,24,26,27);1H. The van der Waals surface area contributed by atoms with Crippen LogP contribution < -0.4 is 15.4 Å². The van der Waals surface area contributed by atoms with Crippen LogP contribution in [0.1, 0.15) is 25.5 Å². The number of benzene rings is 1. The van der Waals surface area contributed by atoms with Crippen molar-refractivity contribution in [1.82, 2.24) is 20.5 Å². The van der Waals surface area contributed by atoms with Crippen LogP contribution in [-0.4, -0.2) is 54.7 Å². The van der Waals surface area contributed by atoms with Crippen LogP contribution in [-0.2, 0) is 6.54 Å². The molecule has 6 nitrogen and oxygen atoms in total. The molecule has 1 aromatic heterocycles. The van der Waals surface area contributed by atoms with Gasteiger partial charge in [0.25, 0.3) is 0 Å². The van der Waals surface area contributed by atoms with E-state index in [0.29, 0.717) is 18.3 Å². The summed E-state index contributed by atoms with van der Waals surface area (Å²) < 4.78 is 19.0. The fourth-order valence-electron chi connectivity index (χ4n) is 3.40. The van der Waals surface area contributed by atoms with Crippen LogP contribution >= 0.6 is 24.0 Å². The number of hydrogen-bond donors (Lipinski definition) is 2. The molecule has 2 N–H and O–H groups in total. The van der Waals surface area contributed by atoms with E-state index in [1.54, 1.807) is 19.2 Å². The van der Waals surface area contributed by atoms with Crippen LogP contribution in [0.5, 0.6) is 5.75 Å². The van der Waals surface area contributed by atoms with Crippen molar-refractivity contribution in [3.05, 3.63) is 60.2 Å². The van der Waals surface area contributed by atoms with Gasteiger partial charge >= 0.3 is 0 Å². The van der Waals surface area contributed by atoms with Crippen molar-refractivity contribution in [2.45, 2.75) is 38.5 Å². The van der Waals surface area contributed by atoms with Gasteiger partial charge in [-0.3, -0.25) is 14.9 Å². The summed E-state index contributed by atoms with van der Waals surface area (Å²) >= 11 is 0. The number of ether oxygens (including phenoxy) is 1. The van der Waals surface area contributed by atoms with Crippen LogP contribution in [0.2, 0.25) is 0 Å². The molecule has 1 aliphatic rings. The van der Waals surface area contributed by atoms with E-state index in [-0.39, 0.29) is 35.9 Å². The molecule has 1 aromatic carbocycles. The van der Waals surface area contributed by atoms with Crippen molar-refractivity contribution < 1.29 is 9.13 Å². The summed E-state index contributed by atoms with van der Waals surface area (Å²) in [6.45, 7) is 5.49. The highest BCUT2D eigenvalue weighted by molar-refractivity contribution is 14.0. The number of guanidine groups is 1. The summed E-state index contributed by atoms with van der Waals surface area (Å²) in [5, 5.41) is 6.80. The first-order valence-electron chi connectivity index (χ1n) is 10.1. The van der Waals surface area contributed by atoms with Crippen LogP contribution in [0.15, 0.2) is 53.7 Å². The summed E-state index contributed by atoms with van der Waals surface area (Å²) in [5.74, 6) is 1.000. The third-order valence-electron chi connectivity index (χ3n) is 4.95. The number of nitrogens with one attached hydrogen (secondary N) is 2. The van der Waals surface area contributed by atoms with Gasteiger partial charge in [-0.2, -0.15) is 0 Å².